The number of carbonyl (C=O) groups excluding carboxylic acids is 1. The molecule has 2 heterocycles. The SMILES string of the molecule is Cc1nnc(SCCCNC(=O)C[C@@H]2CN(C)CCN2C)s1. The third-order valence-electron chi connectivity index (χ3n) is 3.78. The molecule has 1 fully saturated rings. The second kappa shape index (κ2) is 8.81. The number of piperazine rings is 1. The number of likely N-dealkylation sites (N-methyl/N-ethyl adjacent to an activating group) is 2. The number of rotatable bonds is 7. The van der Waals surface area contributed by atoms with Gasteiger partial charge < -0.3 is 15.1 Å². The molecule has 1 aromatic rings. The molecule has 1 aliphatic rings. The van der Waals surface area contributed by atoms with Crippen LogP contribution >= 0.6 is 23.1 Å². The van der Waals surface area contributed by atoms with Gasteiger partial charge in [-0.25, -0.2) is 0 Å². The molecule has 0 radical (unpaired) electrons. The van der Waals surface area contributed by atoms with Crippen molar-refractivity contribution >= 4 is 29.0 Å². The number of hydrogen-bond donors (Lipinski definition) is 1. The zero-order chi connectivity index (χ0) is 15.9. The van der Waals surface area contributed by atoms with E-state index < -0.39 is 0 Å². The van der Waals surface area contributed by atoms with E-state index in [2.05, 4.69) is 39.4 Å². The van der Waals surface area contributed by atoms with E-state index in [0.717, 1.165) is 47.7 Å². The van der Waals surface area contributed by atoms with Gasteiger partial charge in [0.25, 0.3) is 0 Å². The molecule has 0 unspecified atom stereocenters. The van der Waals surface area contributed by atoms with Crippen molar-refractivity contribution in [2.24, 2.45) is 0 Å². The van der Waals surface area contributed by atoms with Crippen molar-refractivity contribution in [2.75, 3.05) is 46.0 Å². The molecule has 0 saturated carbocycles. The maximum Gasteiger partial charge on any atom is 0.221 e. The number of nitrogens with one attached hydrogen (secondary N) is 1. The van der Waals surface area contributed by atoms with Crippen molar-refractivity contribution < 1.29 is 4.79 Å². The number of amides is 1. The predicted octanol–water partition coefficient (Wildman–Crippen LogP) is 1.08. The Hall–Kier alpha value is -0.700. The van der Waals surface area contributed by atoms with Crippen LogP contribution in [0, 0.1) is 6.92 Å². The lowest BCUT2D eigenvalue weighted by atomic mass is 10.1. The normalized spacial score (nSPS) is 20.2. The second-order valence-corrected chi connectivity index (χ2v) is 8.26. The predicted molar refractivity (Wildman–Crippen MR) is 91.5 cm³/mol. The van der Waals surface area contributed by atoms with Gasteiger partial charge in [-0.1, -0.05) is 23.1 Å². The minimum absolute atomic E-state index is 0.156. The van der Waals surface area contributed by atoms with E-state index in [9.17, 15) is 4.79 Å². The molecule has 1 aromatic heterocycles. The lowest BCUT2D eigenvalue weighted by Gasteiger charge is -2.37. The third-order valence-corrected chi connectivity index (χ3v) is 5.84. The molecule has 0 spiro atoms. The van der Waals surface area contributed by atoms with Gasteiger partial charge >= 0.3 is 0 Å². The minimum atomic E-state index is 0.156. The van der Waals surface area contributed by atoms with Crippen molar-refractivity contribution in [3.63, 3.8) is 0 Å². The summed E-state index contributed by atoms with van der Waals surface area (Å²) in [6, 6.07) is 0.331. The third kappa shape index (κ3) is 5.83. The van der Waals surface area contributed by atoms with Crippen LogP contribution in [-0.2, 0) is 4.79 Å². The Kier molecular flexibility index (Phi) is 7.07. The highest BCUT2D eigenvalue weighted by molar-refractivity contribution is 8.01. The number of aromatic nitrogens is 2. The Morgan fingerprint density at radius 3 is 2.95 bits per heavy atom. The molecular formula is C14H25N5OS2. The minimum Gasteiger partial charge on any atom is -0.356 e. The molecule has 0 aromatic carbocycles. The van der Waals surface area contributed by atoms with Gasteiger partial charge in [0.2, 0.25) is 5.91 Å². The van der Waals surface area contributed by atoms with Crippen molar-refractivity contribution in [3.8, 4) is 0 Å². The van der Waals surface area contributed by atoms with E-state index in [4.69, 9.17) is 0 Å². The van der Waals surface area contributed by atoms with Crippen LogP contribution in [0.1, 0.15) is 17.8 Å². The maximum atomic E-state index is 12.0. The fourth-order valence-corrected chi connectivity index (χ4v) is 4.23. The summed E-state index contributed by atoms with van der Waals surface area (Å²) in [4.78, 5) is 16.6. The van der Waals surface area contributed by atoms with Crippen LogP contribution < -0.4 is 5.32 Å². The van der Waals surface area contributed by atoms with E-state index in [1.807, 2.05) is 6.92 Å². The standard InChI is InChI=1S/C14H25N5OS2/c1-11-16-17-14(22-11)21-8-4-5-15-13(20)9-12-10-18(2)6-7-19(12)3/h12H,4-10H2,1-3H3,(H,15,20)/t12-/m1/s1. The summed E-state index contributed by atoms with van der Waals surface area (Å²) in [5, 5.41) is 12.1. The van der Waals surface area contributed by atoms with Crippen LogP contribution in [-0.4, -0.2) is 78.0 Å². The zero-order valence-corrected chi connectivity index (χ0v) is 15.2. The monoisotopic (exact) mass is 343 g/mol. The van der Waals surface area contributed by atoms with E-state index in [0.29, 0.717) is 12.5 Å². The van der Waals surface area contributed by atoms with Crippen LogP contribution in [0.25, 0.3) is 0 Å². The highest BCUT2D eigenvalue weighted by Crippen LogP contribution is 2.22. The van der Waals surface area contributed by atoms with Crippen molar-refractivity contribution in [2.45, 2.75) is 30.1 Å². The first kappa shape index (κ1) is 17.7. The van der Waals surface area contributed by atoms with E-state index in [1.54, 1.807) is 23.1 Å². The first-order chi connectivity index (χ1) is 10.5. The van der Waals surface area contributed by atoms with Crippen molar-refractivity contribution in [1.82, 2.24) is 25.3 Å². The fourth-order valence-electron chi connectivity index (χ4n) is 2.40. The molecule has 6 nitrogen and oxygen atoms in total. The smallest absolute Gasteiger partial charge is 0.221 e. The van der Waals surface area contributed by atoms with Gasteiger partial charge in [-0.15, -0.1) is 10.2 Å². The van der Waals surface area contributed by atoms with E-state index in [1.165, 1.54) is 0 Å². The number of thioether (sulfide) groups is 1. The summed E-state index contributed by atoms with van der Waals surface area (Å²) in [6.07, 6.45) is 1.54. The number of aryl methyl sites for hydroxylation is 1. The molecule has 0 bridgehead atoms. The Balaban J connectivity index is 1.57. The first-order valence-electron chi connectivity index (χ1n) is 7.63. The van der Waals surface area contributed by atoms with Gasteiger partial charge in [-0.2, -0.15) is 0 Å². The summed E-state index contributed by atoms with van der Waals surface area (Å²) in [5.41, 5.74) is 0. The Morgan fingerprint density at radius 2 is 2.23 bits per heavy atom. The Bertz CT molecular complexity index is 482. The highest BCUT2D eigenvalue weighted by Gasteiger charge is 2.24. The Labute approximate surface area is 140 Å². The average Bonchev–Trinajstić information content (AvgIpc) is 2.88. The molecule has 1 N–H and O–H groups in total. The molecule has 0 aliphatic carbocycles. The average molecular weight is 344 g/mol. The molecule has 2 rings (SSSR count). The van der Waals surface area contributed by atoms with E-state index >= 15 is 0 Å². The first-order valence-corrected chi connectivity index (χ1v) is 9.43. The molecule has 22 heavy (non-hydrogen) atoms. The van der Waals surface area contributed by atoms with Crippen LogP contribution in [0.2, 0.25) is 0 Å². The number of hydrogen-bond acceptors (Lipinski definition) is 7. The summed E-state index contributed by atoms with van der Waals surface area (Å²) in [7, 11) is 4.22. The lowest BCUT2D eigenvalue weighted by molar-refractivity contribution is -0.122. The summed E-state index contributed by atoms with van der Waals surface area (Å²) in [6.45, 7) is 5.77. The van der Waals surface area contributed by atoms with Gasteiger partial charge in [0, 0.05) is 44.4 Å². The van der Waals surface area contributed by atoms with Gasteiger partial charge in [0.15, 0.2) is 4.34 Å². The van der Waals surface area contributed by atoms with Crippen LogP contribution in [0.4, 0.5) is 0 Å². The van der Waals surface area contributed by atoms with Gasteiger partial charge in [-0.3, -0.25) is 4.79 Å². The molecule has 8 heteroatoms. The molecule has 1 aliphatic heterocycles. The molecular weight excluding hydrogens is 318 g/mol. The van der Waals surface area contributed by atoms with Crippen molar-refractivity contribution in [3.05, 3.63) is 5.01 Å². The van der Waals surface area contributed by atoms with Crippen LogP contribution in [0.15, 0.2) is 4.34 Å². The lowest BCUT2D eigenvalue weighted by Crippen LogP contribution is -2.51. The maximum absolute atomic E-state index is 12.0. The summed E-state index contributed by atoms with van der Waals surface area (Å²) < 4.78 is 1.01. The van der Waals surface area contributed by atoms with Crippen LogP contribution in [0.5, 0.6) is 0 Å². The summed E-state index contributed by atoms with van der Waals surface area (Å²) in [5.74, 6) is 1.12. The van der Waals surface area contributed by atoms with Gasteiger partial charge in [-0.05, 0) is 27.4 Å². The van der Waals surface area contributed by atoms with E-state index in [-0.39, 0.29) is 5.91 Å². The molecule has 1 atom stereocenters. The quantitative estimate of drug-likeness (QED) is 0.590. The zero-order valence-electron chi connectivity index (χ0n) is 13.5. The molecule has 1 amide bonds. The summed E-state index contributed by atoms with van der Waals surface area (Å²) >= 11 is 3.33. The molecule has 1 saturated heterocycles. The van der Waals surface area contributed by atoms with Gasteiger partial charge in [0.05, 0.1) is 0 Å². The van der Waals surface area contributed by atoms with Crippen LogP contribution in [0.3, 0.4) is 0 Å². The largest absolute Gasteiger partial charge is 0.356 e. The highest BCUT2D eigenvalue weighted by atomic mass is 32.2. The van der Waals surface area contributed by atoms with Crippen molar-refractivity contribution in [1.29, 1.82) is 0 Å². The number of nitrogens with zero attached hydrogens (tertiary/aromatic N) is 4. The number of carbonyl (C=O) groups is 1. The molecule has 124 valence electrons. The second-order valence-electron chi connectivity index (χ2n) is 5.74. The fraction of sp³-hybridized carbons (Fsp3) is 0.786. The Morgan fingerprint density at radius 1 is 1.41 bits per heavy atom. The topological polar surface area (TPSA) is 61.4 Å². The van der Waals surface area contributed by atoms with Gasteiger partial charge in [0.1, 0.15) is 5.01 Å².